The summed E-state index contributed by atoms with van der Waals surface area (Å²) in [4.78, 5) is 0. The van der Waals surface area contributed by atoms with Gasteiger partial charge in [-0.05, 0) is 53.0 Å². The summed E-state index contributed by atoms with van der Waals surface area (Å²) in [5.41, 5.74) is 4.99. The van der Waals surface area contributed by atoms with Crippen molar-refractivity contribution in [2.24, 2.45) is 5.73 Å². The second-order valence-corrected chi connectivity index (χ2v) is 4.28. The summed E-state index contributed by atoms with van der Waals surface area (Å²) in [6.07, 6.45) is -4.33. The lowest BCUT2D eigenvalue weighted by molar-refractivity contribution is -0.137. The van der Waals surface area contributed by atoms with E-state index in [1.807, 2.05) is 0 Å². The SMILES string of the molecule is NC(=S)Nc1ccc(C(F)(F)F)cc1I. The van der Waals surface area contributed by atoms with Crippen LogP contribution in [0, 0.1) is 3.57 Å². The molecule has 0 bridgehead atoms. The van der Waals surface area contributed by atoms with Crippen LogP contribution in [0.2, 0.25) is 0 Å². The molecule has 0 saturated heterocycles. The molecule has 7 heteroatoms. The molecule has 1 rings (SSSR count). The molecule has 1 aromatic carbocycles. The molecule has 0 spiro atoms. The van der Waals surface area contributed by atoms with E-state index in [0.29, 0.717) is 9.26 Å². The number of hydrogen-bond donors (Lipinski definition) is 2. The number of alkyl halides is 3. The van der Waals surface area contributed by atoms with Crippen molar-refractivity contribution in [1.82, 2.24) is 0 Å². The molecule has 0 atom stereocenters. The largest absolute Gasteiger partial charge is 0.416 e. The standard InChI is InChI=1S/C8H6F3IN2S/c9-8(10,11)4-1-2-6(5(12)3-4)14-7(13)15/h1-3H,(H3,13,14,15). The lowest BCUT2D eigenvalue weighted by Gasteiger charge is -2.10. The van der Waals surface area contributed by atoms with E-state index in [4.69, 9.17) is 5.73 Å². The molecule has 0 saturated carbocycles. The van der Waals surface area contributed by atoms with E-state index < -0.39 is 11.7 Å². The third kappa shape index (κ3) is 3.49. The number of nitrogens with one attached hydrogen (secondary N) is 1. The van der Waals surface area contributed by atoms with E-state index in [1.165, 1.54) is 6.07 Å². The van der Waals surface area contributed by atoms with Gasteiger partial charge >= 0.3 is 6.18 Å². The monoisotopic (exact) mass is 346 g/mol. The summed E-state index contributed by atoms with van der Waals surface area (Å²) < 4.78 is 37.3. The summed E-state index contributed by atoms with van der Waals surface area (Å²) in [5.74, 6) is 0. The second-order valence-electron chi connectivity index (χ2n) is 2.68. The number of rotatable bonds is 1. The summed E-state index contributed by atoms with van der Waals surface area (Å²) in [6, 6.07) is 3.30. The number of benzene rings is 1. The van der Waals surface area contributed by atoms with Gasteiger partial charge in [0.2, 0.25) is 0 Å². The fourth-order valence-corrected chi connectivity index (χ4v) is 1.69. The van der Waals surface area contributed by atoms with E-state index >= 15 is 0 Å². The van der Waals surface area contributed by atoms with Crippen LogP contribution in [-0.2, 0) is 6.18 Å². The molecule has 0 amide bonds. The van der Waals surface area contributed by atoms with E-state index in [0.717, 1.165) is 12.1 Å². The number of thiocarbonyl (C=S) groups is 1. The third-order valence-corrected chi connectivity index (χ3v) is 2.55. The Morgan fingerprint density at radius 2 is 2.00 bits per heavy atom. The van der Waals surface area contributed by atoms with Crippen molar-refractivity contribution in [2.45, 2.75) is 6.18 Å². The van der Waals surface area contributed by atoms with Crippen molar-refractivity contribution in [3.05, 3.63) is 27.3 Å². The number of hydrogen-bond acceptors (Lipinski definition) is 1. The topological polar surface area (TPSA) is 38.0 Å². The maximum atomic E-state index is 12.3. The molecule has 0 unspecified atom stereocenters. The van der Waals surface area contributed by atoms with Crippen LogP contribution in [0.15, 0.2) is 18.2 Å². The highest BCUT2D eigenvalue weighted by Gasteiger charge is 2.30. The van der Waals surface area contributed by atoms with Gasteiger partial charge in [-0.25, -0.2) is 0 Å². The Labute approximate surface area is 103 Å². The molecule has 15 heavy (non-hydrogen) atoms. The summed E-state index contributed by atoms with van der Waals surface area (Å²) >= 11 is 6.37. The van der Waals surface area contributed by atoms with Gasteiger partial charge in [0.25, 0.3) is 0 Å². The molecule has 0 heterocycles. The molecule has 0 aliphatic heterocycles. The minimum Gasteiger partial charge on any atom is -0.376 e. The van der Waals surface area contributed by atoms with Gasteiger partial charge in [-0.3, -0.25) is 0 Å². The van der Waals surface area contributed by atoms with Crippen LogP contribution in [0.1, 0.15) is 5.56 Å². The van der Waals surface area contributed by atoms with E-state index in [9.17, 15) is 13.2 Å². The average Bonchev–Trinajstić information content (AvgIpc) is 2.05. The summed E-state index contributed by atoms with van der Waals surface area (Å²) in [6.45, 7) is 0. The first kappa shape index (κ1) is 12.5. The van der Waals surface area contributed by atoms with Crippen LogP contribution in [0.3, 0.4) is 0 Å². The quantitative estimate of drug-likeness (QED) is 0.607. The Morgan fingerprint density at radius 3 is 2.40 bits per heavy atom. The summed E-state index contributed by atoms with van der Waals surface area (Å²) in [5, 5.41) is 2.61. The van der Waals surface area contributed by atoms with Crippen LogP contribution in [-0.4, -0.2) is 5.11 Å². The van der Waals surface area contributed by atoms with Crippen molar-refractivity contribution in [2.75, 3.05) is 5.32 Å². The highest BCUT2D eigenvalue weighted by atomic mass is 127. The molecule has 0 aliphatic rings. The molecule has 1 aromatic rings. The molecular formula is C8H6F3IN2S. The van der Waals surface area contributed by atoms with Crippen molar-refractivity contribution in [1.29, 1.82) is 0 Å². The van der Waals surface area contributed by atoms with Crippen molar-refractivity contribution >= 4 is 45.6 Å². The van der Waals surface area contributed by atoms with Gasteiger partial charge in [-0.2, -0.15) is 13.2 Å². The molecule has 2 nitrogen and oxygen atoms in total. The fourth-order valence-electron chi connectivity index (χ4n) is 0.926. The third-order valence-electron chi connectivity index (χ3n) is 1.55. The minimum atomic E-state index is -4.33. The van der Waals surface area contributed by atoms with Crippen LogP contribution < -0.4 is 11.1 Å². The average molecular weight is 346 g/mol. The number of halogens is 4. The van der Waals surface area contributed by atoms with Gasteiger partial charge in [-0.1, -0.05) is 0 Å². The van der Waals surface area contributed by atoms with Crippen molar-refractivity contribution in [3.63, 3.8) is 0 Å². The highest BCUT2D eigenvalue weighted by Crippen LogP contribution is 2.32. The maximum Gasteiger partial charge on any atom is 0.416 e. The molecule has 0 aliphatic carbocycles. The lowest BCUT2D eigenvalue weighted by Crippen LogP contribution is -2.19. The Bertz CT molecular complexity index is 392. The van der Waals surface area contributed by atoms with E-state index in [2.05, 4.69) is 17.5 Å². The lowest BCUT2D eigenvalue weighted by atomic mass is 10.2. The van der Waals surface area contributed by atoms with E-state index in [1.54, 1.807) is 22.6 Å². The van der Waals surface area contributed by atoms with Crippen LogP contribution in [0.25, 0.3) is 0 Å². The normalized spacial score (nSPS) is 11.2. The Kier molecular flexibility index (Phi) is 3.77. The van der Waals surface area contributed by atoms with Crippen molar-refractivity contribution < 1.29 is 13.2 Å². The smallest absolute Gasteiger partial charge is 0.376 e. The van der Waals surface area contributed by atoms with Crippen LogP contribution in [0.5, 0.6) is 0 Å². The zero-order chi connectivity index (χ0) is 11.6. The maximum absolute atomic E-state index is 12.3. The Hall–Kier alpha value is -0.570. The van der Waals surface area contributed by atoms with Gasteiger partial charge in [0, 0.05) is 3.57 Å². The molecule has 0 aromatic heterocycles. The zero-order valence-electron chi connectivity index (χ0n) is 7.23. The van der Waals surface area contributed by atoms with Gasteiger partial charge < -0.3 is 11.1 Å². The Balaban J connectivity index is 3.03. The molecular weight excluding hydrogens is 340 g/mol. The molecule has 3 N–H and O–H groups in total. The van der Waals surface area contributed by atoms with Crippen LogP contribution in [0.4, 0.5) is 18.9 Å². The summed E-state index contributed by atoms with van der Waals surface area (Å²) in [7, 11) is 0. The predicted octanol–water partition coefficient (Wildman–Crippen LogP) is 2.97. The van der Waals surface area contributed by atoms with Gasteiger partial charge in [-0.15, -0.1) is 0 Å². The van der Waals surface area contributed by atoms with Gasteiger partial charge in [0.15, 0.2) is 5.11 Å². The first-order valence-corrected chi connectivity index (χ1v) is 5.22. The highest BCUT2D eigenvalue weighted by molar-refractivity contribution is 14.1. The van der Waals surface area contributed by atoms with Gasteiger partial charge in [0.1, 0.15) is 0 Å². The molecule has 0 radical (unpaired) electrons. The van der Waals surface area contributed by atoms with Crippen LogP contribution >= 0.6 is 34.8 Å². The predicted molar refractivity (Wildman–Crippen MR) is 64.6 cm³/mol. The van der Waals surface area contributed by atoms with Crippen molar-refractivity contribution in [3.8, 4) is 0 Å². The number of anilines is 1. The molecule has 82 valence electrons. The zero-order valence-corrected chi connectivity index (χ0v) is 10.2. The first-order chi connectivity index (χ1) is 6.80. The van der Waals surface area contributed by atoms with Gasteiger partial charge in [0.05, 0.1) is 11.3 Å². The molecule has 0 fully saturated rings. The fraction of sp³-hybridized carbons (Fsp3) is 0.125. The first-order valence-electron chi connectivity index (χ1n) is 3.74. The second kappa shape index (κ2) is 4.52. The van der Waals surface area contributed by atoms with E-state index in [-0.39, 0.29) is 5.11 Å². The number of nitrogens with two attached hydrogens (primary N) is 1. The minimum absolute atomic E-state index is 0.0210. The Morgan fingerprint density at radius 1 is 1.40 bits per heavy atom.